The second-order valence-corrected chi connectivity index (χ2v) is 4.11. The van der Waals surface area contributed by atoms with Crippen LogP contribution < -0.4 is 5.32 Å². The van der Waals surface area contributed by atoms with Crippen molar-refractivity contribution in [2.24, 2.45) is 5.41 Å². The van der Waals surface area contributed by atoms with Crippen LogP contribution >= 0.6 is 0 Å². The lowest BCUT2D eigenvalue weighted by Crippen LogP contribution is -2.27. The minimum Gasteiger partial charge on any atom is -0.311 e. The SMILES string of the molecule is C=Cn1cc(CNCC(C)(C)C#N)cn1. The highest BCUT2D eigenvalue weighted by Gasteiger charge is 2.15. The van der Waals surface area contributed by atoms with Crippen molar-refractivity contribution in [1.29, 1.82) is 5.26 Å². The van der Waals surface area contributed by atoms with E-state index in [1.807, 2.05) is 20.0 Å². The van der Waals surface area contributed by atoms with Gasteiger partial charge in [-0.2, -0.15) is 10.4 Å². The van der Waals surface area contributed by atoms with Crippen LogP contribution in [0.2, 0.25) is 0 Å². The second-order valence-electron chi connectivity index (χ2n) is 4.11. The Balaban J connectivity index is 2.38. The molecule has 4 nitrogen and oxygen atoms in total. The van der Waals surface area contributed by atoms with E-state index in [4.69, 9.17) is 5.26 Å². The second kappa shape index (κ2) is 4.76. The summed E-state index contributed by atoms with van der Waals surface area (Å²) in [5, 5.41) is 16.1. The van der Waals surface area contributed by atoms with E-state index in [1.165, 1.54) is 0 Å². The highest BCUT2D eigenvalue weighted by atomic mass is 15.2. The molecular weight excluding hydrogens is 188 g/mol. The molecule has 1 N–H and O–H groups in total. The molecule has 1 rings (SSSR count). The largest absolute Gasteiger partial charge is 0.311 e. The number of hydrogen-bond acceptors (Lipinski definition) is 3. The summed E-state index contributed by atoms with van der Waals surface area (Å²) in [6.45, 7) is 8.82. The summed E-state index contributed by atoms with van der Waals surface area (Å²) in [6, 6.07) is 2.24. The molecule has 0 aliphatic heterocycles. The first-order valence-electron chi connectivity index (χ1n) is 4.85. The molecule has 0 spiro atoms. The predicted octanol–water partition coefficient (Wildman–Crippen LogP) is 1.62. The molecule has 0 saturated carbocycles. The van der Waals surface area contributed by atoms with Gasteiger partial charge in [0.1, 0.15) is 0 Å². The van der Waals surface area contributed by atoms with Crippen molar-refractivity contribution in [3.05, 3.63) is 24.5 Å². The molecule has 80 valence electrons. The average Bonchev–Trinajstić information content (AvgIpc) is 2.66. The number of nitrogens with zero attached hydrogens (tertiary/aromatic N) is 3. The number of hydrogen-bond donors (Lipinski definition) is 1. The molecule has 1 aromatic rings. The van der Waals surface area contributed by atoms with Gasteiger partial charge in [-0.1, -0.05) is 6.58 Å². The van der Waals surface area contributed by atoms with Gasteiger partial charge in [0.05, 0.1) is 17.7 Å². The van der Waals surface area contributed by atoms with Gasteiger partial charge in [0.2, 0.25) is 0 Å². The molecule has 0 aliphatic carbocycles. The molecule has 1 heterocycles. The van der Waals surface area contributed by atoms with Crippen LogP contribution in [0, 0.1) is 16.7 Å². The maximum atomic E-state index is 8.81. The van der Waals surface area contributed by atoms with E-state index >= 15 is 0 Å². The first-order chi connectivity index (χ1) is 7.07. The predicted molar refractivity (Wildman–Crippen MR) is 59.7 cm³/mol. The summed E-state index contributed by atoms with van der Waals surface area (Å²) in [4.78, 5) is 0. The molecule has 0 saturated heterocycles. The van der Waals surface area contributed by atoms with Crippen molar-refractivity contribution >= 4 is 6.20 Å². The fraction of sp³-hybridized carbons (Fsp3) is 0.455. The first kappa shape index (κ1) is 11.5. The molecule has 0 radical (unpaired) electrons. The molecular formula is C11H16N4. The summed E-state index contributed by atoms with van der Waals surface area (Å²) >= 11 is 0. The van der Waals surface area contributed by atoms with Crippen molar-refractivity contribution < 1.29 is 0 Å². The number of aromatic nitrogens is 2. The molecule has 15 heavy (non-hydrogen) atoms. The maximum absolute atomic E-state index is 8.81. The zero-order valence-electron chi connectivity index (χ0n) is 9.20. The Kier molecular flexibility index (Phi) is 3.64. The number of nitrogens with one attached hydrogen (secondary N) is 1. The minimum atomic E-state index is -0.325. The lowest BCUT2D eigenvalue weighted by molar-refractivity contribution is 0.445. The van der Waals surface area contributed by atoms with E-state index in [1.54, 1.807) is 17.1 Å². The van der Waals surface area contributed by atoms with Gasteiger partial charge in [-0.15, -0.1) is 0 Å². The van der Waals surface area contributed by atoms with Gasteiger partial charge in [-0.25, -0.2) is 4.68 Å². The summed E-state index contributed by atoms with van der Waals surface area (Å²) < 4.78 is 1.66. The molecule has 0 aromatic carbocycles. The molecule has 4 heteroatoms. The summed E-state index contributed by atoms with van der Waals surface area (Å²) in [5.41, 5.74) is 0.762. The smallest absolute Gasteiger partial charge is 0.0697 e. The number of nitriles is 1. The standard InChI is InChI=1S/C11H16N4/c1-4-15-7-10(6-14-15)5-13-9-11(2,3)8-12/h4,6-7,13H,1,5,9H2,2-3H3. The Bertz CT molecular complexity index is 370. The fourth-order valence-electron chi connectivity index (χ4n) is 1.13. The van der Waals surface area contributed by atoms with Crippen molar-refractivity contribution in [2.75, 3.05) is 6.54 Å². The van der Waals surface area contributed by atoms with Crippen molar-refractivity contribution in [3.8, 4) is 6.07 Å². The van der Waals surface area contributed by atoms with Crippen LogP contribution in [-0.4, -0.2) is 16.3 Å². The monoisotopic (exact) mass is 204 g/mol. The normalized spacial score (nSPS) is 11.0. The summed E-state index contributed by atoms with van der Waals surface area (Å²) in [6.07, 6.45) is 5.33. The van der Waals surface area contributed by atoms with Gasteiger partial charge in [-0.05, 0) is 13.8 Å². The highest BCUT2D eigenvalue weighted by Crippen LogP contribution is 2.10. The molecule has 1 aromatic heterocycles. The van der Waals surface area contributed by atoms with Gasteiger partial charge in [0.25, 0.3) is 0 Å². The topological polar surface area (TPSA) is 53.6 Å². The Morgan fingerprint density at radius 2 is 2.47 bits per heavy atom. The zero-order valence-corrected chi connectivity index (χ0v) is 9.20. The van der Waals surface area contributed by atoms with E-state index in [0.717, 1.165) is 12.1 Å². The van der Waals surface area contributed by atoms with Gasteiger partial charge in [0.15, 0.2) is 0 Å². The molecule has 0 aliphatic rings. The van der Waals surface area contributed by atoms with Crippen LogP contribution in [0.4, 0.5) is 0 Å². The lowest BCUT2D eigenvalue weighted by Gasteiger charge is -2.15. The highest BCUT2D eigenvalue weighted by molar-refractivity contribution is 5.17. The van der Waals surface area contributed by atoms with Crippen molar-refractivity contribution in [2.45, 2.75) is 20.4 Å². The van der Waals surface area contributed by atoms with E-state index in [2.05, 4.69) is 23.1 Å². The van der Waals surface area contributed by atoms with Crippen LogP contribution in [0.3, 0.4) is 0 Å². The van der Waals surface area contributed by atoms with Crippen LogP contribution in [0.15, 0.2) is 19.0 Å². The summed E-state index contributed by atoms with van der Waals surface area (Å²) in [5.74, 6) is 0. The van der Waals surface area contributed by atoms with Gasteiger partial charge in [-0.3, -0.25) is 0 Å². The van der Waals surface area contributed by atoms with Gasteiger partial charge in [0, 0.05) is 31.0 Å². The van der Waals surface area contributed by atoms with E-state index < -0.39 is 0 Å². The average molecular weight is 204 g/mol. The van der Waals surface area contributed by atoms with Crippen LogP contribution in [0.5, 0.6) is 0 Å². The molecule has 0 amide bonds. The Labute approximate surface area is 90.2 Å². The molecule has 0 unspecified atom stereocenters. The van der Waals surface area contributed by atoms with E-state index in [0.29, 0.717) is 6.54 Å². The third-order valence-corrected chi connectivity index (χ3v) is 2.04. The zero-order chi connectivity index (χ0) is 11.3. The minimum absolute atomic E-state index is 0.325. The molecule has 0 atom stereocenters. The van der Waals surface area contributed by atoms with Gasteiger partial charge < -0.3 is 5.32 Å². The fourth-order valence-corrected chi connectivity index (χ4v) is 1.13. The van der Waals surface area contributed by atoms with Crippen molar-refractivity contribution in [3.63, 3.8) is 0 Å². The third kappa shape index (κ3) is 3.56. The third-order valence-electron chi connectivity index (χ3n) is 2.04. The first-order valence-corrected chi connectivity index (χ1v) is 4.85. The van der Waals surface area contributed by atoms with E-state index in [-0.39, 0.29) is 5.41 Å². The van der Waals surface area contributed by atoms with Gasteiger partial charge >= 0.3 is 0 Å². The van der Waals surface area contributed by atoms with E-state index in [9.17, 15) is 0 Å². The Hall–Kier alpha value is -1.60. The molecule has 0 fully saturated rings. The maximum Gasteiger partial charge on any atom is 0.0697 e. The lowest BCUT2D eigenvalue weighted by atomic mass is 9.96. The Morgan fingerprint density at radius 3 is 3.00 bits per heavy atom. The van der Waals surface area contributed by atoms with Crippen molar-refractivity contribution in [1.82, 2.24) is 15.1 Å². The van der Waals surface area contributed by atoms with Crippen LogP contribution in [-0.2, 0) is 6.54 Å². The molecule has 0 bridgehead atoms. The number of rotatable bonds is 5. The Morgan fingerprint density at radius 1 is 1.73 bits per heavy atom. The van der Waals surface area contributed by atoms with Crippen LogP contribution in [0.1, 0.15) is 19.4 Å². The van der Waals surface area contributed by atoms with Crippen LogP contribution in [0.25, 0.3) is 6.20 Å². The summed E-state index contributed by atoms with van der Waals surface area (Å²) in [7, 11) is 0. The quantitative estimate of drug-likeness (QED) is 0.793.